The van der Waals surface area contributed by atoms with Crippen LogP contribution in [-0.4, -0.2) is 29.4 Å². The summed E-state index contributed by atoms with van der Waals surface area (Å²) in [6.07, 6.45) is 0. The standard InChI is InChI=1S/C18H35FSi4/c1-16(17-14-12-11-13-15-17)18(19)23(20(2,3)4,21(5,6)7)22(8,9)10/h11-15H,1-10H3/b18-16+. The predicted octanol–water partition coefficient (Wildman–Crippen LogP) is 6.62. The van der Waals surface area contributed by atoms with Crippen molar-refractivity contribution in [2.75, 3.05) is 0 Å². The van der Waals surface area contributed by atoms with Crippen LogP contribution in [0.3, 0.4) is 0 Å². The molecule has 1 rings (SSSR count). The molecule has 0 nitrogen and oxygen atoms in total. The van der Waals surface area contributed by atoms with Gasteiger partial charge < -0.3 is 0 Å². The molecule has 0 saturated carbocycles. The van der Waals surface area contributed by atoms with Crippen molar-refractivity contribution in [1.82, 2.24) is 0 Å². The normalized spacial score (nSPS) is 15.4. The highest BCUT2D eigenvalue weighted by Crippen LogP contribution is 2.44. The van der Waals surface area contributed by atoms with Gasteiger partial charge in [-0.2, -0.15) is 0 Å². The molecule has 0 N–H and O–H groups in total. The lowest BCUT2D eigenvalue weighted by Gasteiger charge is -2.56. The lowest BCUT2D eigenvalue weighted by molar-refractivity contribution is 0.691. The van der Waals surface area contributed by atoms with Crippen LogP contribution in [0.25, 0.3) is 5.57 Å². The number of rotatable bonds is 5. The third-order valence-electron chi connectivity index (χ3n) is 5.24. The minimum atomic E-state index is -2.12. The summed E-state index contributed by atoms with van der Waals surface area (Å²) in [6, 6.07) is 10.2. The summed E-state index contributed by atoms with van der Waals surface area (Å²) in [4.78, 5) is 0. The van der Waals surface area contributed by atoms with Crippen molar-refractivity contribution in [3.05, 3.63) is 41.3 Å². The highest BCUT2D eigenvalue weighted by atomic mass is 29.9. The van der Waals surface area contributed by atoms with Crippen LogP contribution in [-0.2, 0) is 0 Å². The summed E-state index contributed by atoms with van der Waals surface area (Å²) in [5.74, 6) is 0. The summed E-state index contributed by atoms with van der Waals surface area (Å²) in [6.45, 7) is 21.8. The van der Waals surface area contributed by atoms with Gasteiger partial charge in [-0.3, -0.25) is 0 Å². The molecule has 1 aromatic rings. The van der Waals surface area contributed by atoms with Crippen LogP contribution in [0.4, 0.5) is 4.39 Å². The molecule has 0 atom stereocenters. The minimum absolute atomic E-state index is 0.348. The van der Waals surface area contributed by atoms with Crippen molar-refractivity contribution in [3.63, 3.8) is 0 Å². The summed E-state index contributed by atoms with van der Waals surface area (Å²) >= 11 is 0. The molecule has 0 radical (unpaired) electrons. The van der Waals surface area contributed by atoms with E-state index >= 15 is 4.39 Å². The first-order valence-electron chi connectivity index (χ1n) is 8.60. The van der Waals surface area contributed by atoms with Crippen LogP contribution in [0.5, 0.6) is 0 Å². The van der Waals surface area contributed by atoms with E-state index in [0.29, 0.717) is 5.45 Å². The summed E-state index contributed by atoms with van der Waals surface area (Å²) in [7, 11) is -4.91. The molecule has 5 heteroatoms. The smallest absolute Gasteiger partial charge is 0.103 e. The quantitative estimate of drug-likeness (QED) is 0.502. The summed E-state index contributed by atoms with van der Waals surface area (Å²) < 4.78 is 16.3. The minimum Gasteiger partial charge on any atom is -0.218 e. The zero-order valence-corrected chi connectivity index (χ0v) is 20.8. The Morgan fingerprint density at radius 3 is 1.35 bits per heavy atom. The Hall–Kier alpha value is -0.242. The zero-order chi connectivity index (χ0) is 18.3. The van der Waals surface area contributed by atoms with Gasteiger partial charge in [0.1, 0.15) is 6.63 Å². The van der Waals surface area contributed by atoms with E-state index in [2.05, 4.69) is 71.1 Å². The van der Waals surface area contributed by atoms with Crippen molar-refractivity contribution in [2.24, 2.45) is 0 Å². The number of benzene rings is 1. The van der Waals surface area contributed by atoms with Gasteiger partial charge in [0.25, 0.3) is 0 Å². The largest absolute Gasteiger partial charge is 0.218 e. The number of hydrogen-bond donors (Lipinski definition) is 0. The van der Waals surface area contributed by atoms with E-state index in [1.807, 2.05) is 25.1 Å². The van der Waals surface area contributed by atoms with E-state index in [-0.39, 0.29) is 0 Å². The molecule has 0 unspecified atom stereocenters. The van der Waals surface area contributed by atoms with E-state index in [9.17, 15) is 0 Å². The molecule has 130 valence electrons. The Kier molecular flexibility index (Phi) is 5.95. The Morgan fingerprint density at radius 2 is 1.04 bits per heavy atom. The first-order valence-corrected chi connectivity index (χ1v) is 24.1. The van der Waals surface area contributed by atoms with E-state index in [1.165, 1.54) is 0 Å². The fourth-order valence-electron chi connectivity index (χ4n) is 5.46. The molecule has 0 aliphatic carbocycles. The molecule has 0 aromatic heterocycles. The second-order valence-corrected chi connectivity index (χ2v) is 50.0. The average Bonchev–Trinajstić information content (AvgIpc) is 2.34. The van der Waals surface area contributed by atoms with Crippen LogP contribution in [0.1, 0.15) is 12.5 Å². The van der Waals surface area contributed by atoms with Crippen LogP contribution in [0, 0.1) is 0 Å². The first-order chi connectivity index (χ1) is 10.2. The summed E-state index contributed by atoms with van der Waals surface area (Å²) in [5, 5.41) is 0. The van der Waals surface area contributed by atoms with Gasteiger partial charge in [0.15, 0.2) is 0 Å². The van der Waals surface area contributed by atoms with Gasteiger partial charge in [-0.1, -0.05) is 89.3 Å². The van der Waals surface area contributed by atoms with Crippen molar-refractivity contribution < 1.29 is 4.39 Å². The van der Waals surface area contributed by atoms with Gasteiger partial charge in [-0.25, -0.2) is 4.39 Å². The lowest BCUT2D eigenvalue weighted by Crippen LogP contribution is -2.83. The van der Waals surface area contributed by atoms with Gasteiger partial charge in [0.2, 0.25) is 0 Å². The van der Waals surface area contributed by atoms with Crippen molar-refractivity contribution in [1.29, 1.82) is 0 Å². The van der Waals surface area contributed by atoms with Crippen LogP contribution >= 0.6 is 0 Å². The van der Waals surface area contributed by atoms with Gasteiger partial charge in [0, 0.05) is 22.8 Å². The Morgan fingerprint density at radius 1 is 0.696 bits per heavy atom. The van der Waals surface area contributed by atoms with E-state index in [1.54, 1.807) is 0 Å². The SMILES string of the molecule is C/C(=C(/F)[Si]([Si](C)(C)C)([Si](C)(C)C)[Si](C)(C)C)c1ccccc1. The molecule has 0 fully saturated rings. The molecule has 23 heavy (non-hydrogen) atoms. The van der Waals surface area contributed by atoms with Crippen molar-refractivity contribution in [3.8, 4) is 0 Å². The van der Waals surface area contributed by atoms with Gasteiger partial charge in [-0.15, -0.1) is 0 Å². The third-order valence-corrected chi connectivity index (χ3v) is 75.7. The molecule has 0 spiro atoms. The maximum Gasteiger partial charge on any atom is 0.103 e. The second kappa shape index (κ2) is 6.58. The van der Waals surface area contributed by atoms with Gasteiger partial charge in [0.05, 0.1) is 5.45 Å². The molecule has 0 bridgehead atoms. The molecule has 0 heterocycles. The fraction of sp³-hybridized carbons (Fsp3) is 0.556. The maximum atomic E-state index is 16.3. The molecule has 0 amide bonds. The van der Waals surface area contributed by atoms with Crippen LogP contribution in [0.2, 0.25) is 58.9 Å². The van der Waals surface area contributed by atoms with E-state index < -0.39 is 29.4 Å². The van der Waals surface area contributed by atoms with Crippen LogP contribution in [0.15, 0.2) is 35.8 Å². The molecular weight excluding hydrogens is 348 g/mol. The second-order valence-electron chi connectivity index (χ2n) is 9.81. The van der Waals surface area contributed by atoms with Crippen molar-refractivity contribution in [2.45, 2.75) is 65.8 Å². The molecular formula is C18H35FSi4. The Bertz CT molecular complexity index is 536. The number of allylic oxidation sites excluding steroid dienone is 1. The summed E-state index contributed by atoms with van der Waals surface area (Å²) in [5.41, 5.74) is 2.34. The first kappa shape index (κ1) is 20.8. The Labute approximate surface area is 146 Å². The molecule has 1 aromatic carbocycles. The van der Waals surface area contributed by atoms with Gasteiger partial charge in [-0.05, 0) is 18.1 Å². The monoisotopic (exact) mass is 382 g/mol. The van der Waals surface area contributed by atoms with Crippen LogP contribution < -0.4 is 0 Å². The number of hydrogen-bond acceptors (Lipinski definition) is 0. The van der Waals surface area contributed by atoms with E-state index in [4.69, 9.17) is 0 Å². The lowest BCUT2D eigenvalue weighted by atomic mass is 10.1. The predicted molar refractivity (Wildman–Crippen MR) is 116 cm³/mol. The van der Waals surface area contributed by atoms with E-state index in [0.717, 1.165) is 11.1 Å². The molecule has 0 saturated heterocycles. The third kappa shape index (κ3) is 3.57. The van der Waals surface area contributed by atoms with Crippen molar-refractivity contribution >= 4 is 35.0 Å². The fourth-order valence-corrected chi connectivity index (χ4v) is 104. The average molecular weight is 383 g/mol. The maximum absolute atomic E-state index is 16.3. The van der Waals surface area contributed by atoms with Gasteiger partial charge >= 0.3 is 0 Å². The zero-order valence-electron chi connectivity index (χ0n) is 16.8. The highest BCUT2D eigenvalue weighted by Gasteiger charge is 2.65. The topological polar surface area (TPSA) is 0 Å². The number of halogens is 1. The molecule has 0 aliphatic rings. The Balaban J connectivity index is 3.85. The molecule has 0 aliphatic heterocycles. The highest BCUT2D eigenvalue weighted by molar-refractivity contribution is 7.91.